The fourth-order valence-corrected chi connectivity index (χ4v) is 1.39. The lowest BCUT2D eigenvalue weighted by Crippen LogP contribution is -2.08. The average molecular weight is 182 g/mol. The number of aromatic nitrogens is 2. The lowest BCUT2D eigenvalue weighted by Gasteiger charge is -2.14. The van der Waals surface area contributed by atoms with Gasteiger partial charge in [-0.25, -0.2) is 4.98 Å². The quantitative estimate of drug-likeness (QED) is 0.713. The van der Waals surface area contributed by atoms with Crippen LogP contribution < -0.4 is 0 Å². The number of hydrogen-bond acceptors (Lipinski definition) is 2. The molecule has 0 aliphatic carbocycles. The van der Waals surface area contributed by atoms with E-state index in [1.807, 2.05) is 13.3 Å². The molecule has 13 heavy (non-hydrogen) atoms. The number of ether oxygens (including phenoxy) is 1. The van der Waals surface area contributed by atoms with Gasteiger partial charge in [0.1, 0.15) is 0 Å². The van der Waals surface area contributed by atoms with Gasteiger partial charge in [0.15, 0.2) is 0 Å². The summed E-state index contributed by atoms with van der Waals surface area (Å²) < 4.78 is 7.25. The normalized spacial score (nSPS) is 13.2. The van der Waals surface area contributed by atoms with Crippen LogP contribution in [-0.2, 0) is 4.74 Å². The molecular weight excluding hydrogens is 164 g/mol. The molecule has 1 rings (SSSR count). The van der Waals surface area contributed by atoms with Crippen molar-refractivity contribution in [1.29, 1.82) is 0 Å². The van der Waals surface area contributed by atoms with Crippen LogP contribution in [-0.4, -0.2) is 23.3 Å². The minimum atomic E-state index is 0.473. The van der Waals surface area contributed by atoms with Crippen molar-refractivity contribution >= 4 is 0 Å². The summed E-state index contributed by atoms with van der Waals surface area (Å²) in [6.07, 6.45) is 2.94. The van der Waals surface area contributed by atoms with E-state index in [1.165, 1.54) is 5.69 Å². The lowest BCUT2D eigenvalue weighted by molar-refractivity contribution is 0.180. The Labute approximate surface area is 79.7 Å². The van der Waals surface area contributed by atoms with Crippen LogP contribution in [0.15, 0.2) is 6.33 Å². The third-order valence-electron chi connectivity index (χ3n) is 2.50. The maximum Gasteiger partial charge on any atom is 0.0953 e. The monoisotopic (exact) mass is 182 g/mol. The highest BCUT2D eigenvalue weighted by Crippen LogP contribution is 2.15. The van der Waals surface area contributed by atoms with Crippen LogP contribution in [0.25, 0.3) is 0 Å². The summed E-state index contributed by atoms with van der Waals surface area (Å²) in [7, 11) is 1.73. The molecule has 0 aliphatic heterocycles. The summed E-state index contributed by atoms with van der Waals surface area (Å²) in [5.74, 6) is 0. The van der Waals surface area contributed by atoms with Gasteiger partial charge < -0.3 is 9.30 Å². The van der Waals surface area contributed by atoms with Crippen molar-refractivity contribution in [3.8, 4) is 0 Å². The van der Waals surface area contributed by atoms with Crippen LogP contribution in [0.4, 0.5) is 0 Å². The number of nitrogens with zero attached hydrogens (tertiary/aromatic N) is 2. The fourth-order valence-electron chi connectivity index (χ4n) is 1.39. The summed E-state index contributed by atoms with van der Waals surface area (Å²) in [5, 5.41) is 0. The molecule has 0 N–H and O–H groups in total. The Hall–Kier alpha value is -0.830. The third kappa shape index (κ3) is 2.31. The van der Waals surface area contributed by atoms with E-state index in [0.29, 0.717) is 6.04 Å². The first kappa shape index (κ1) is 10.3. The molecule has 74 valence electrons. The molecule has 1 atom stereocenters. The van der Waals surface area contributed by atoms with Crippen molar-refractivity contribution < 1.29 is 4.74 Å². The van der Waals surface area contributed by atoms with Crippen molar-refractivity contribution in [2.75, 3.05) is 13.7 Å². The highest BCUT2D eigenvalue weighted by Gasteiger charge is 2.08. The Morgan fingerprint density at radius 1 is 1.54 bits per heavy atom. The van der Waals surface area contributed by atoms with E-state index in [4.69, 9.17) is 4.74 Å². The topological polar surface area (TPSA) is 27.1 Å². The number of imidazole rings is 1. The molecule has 0 aliphatic rings. The van der Waals surface area contributed by atoms with Crippen molar-refractivity contribution in [3.05, 3.63) is 17.7 Å². The van der Waals surface area contributed by atoms with Gasteiger partial charge in [-0.15, -0.1) is 0 Å². The molecule has 0 radical (unpaired) electrons. The minimum Gasteiger partial charge on any atom is -0.385 e. The molecule has 1 unspecified atom stereocenters. The van der Waals surface area contributed by atoms with Crippen LogP contribution >= 0.6 is 0 Å². The van der Waals surface area contributed by atoms with Crippen LogP contribution in [0.5, 0.6) is 0 Å². The number of aryl methyl sites for hydroxylation is 1. The summed E-state index contributed by atoms with van der Waals surface area (Å²) >= 11 is 0. The molecule has 0 fully saturated rings. The van der Waals surface area contributed by atoms with Crippen LogP contribution in [0.1, 0.15) is 30.8 Å². The second-order valence-electron chi connectivity index (χ2n) is 3.45. The maximum absolute atomic E-state index is 5.05. The van der Waals surface area contributed by atoms with E-state index in [2.05, 4.69) is 23.4 Å². The molecule has 1 heterocycles. The van der Waals surface area contributed by atoms with Crippen LogP contribution in [0.2, 0.25) is 0 Å². The van der Waals surface area contributed by atoms with Crippen LogP contribution in [0, 0.1) is 13.8 Å². The number of hydrogen-bond donors (Lipinski definition) is 0. The van der Waals surface area contributed by atoms with Crippen molar-refractivity contribution in [2.24, 2.45) is 0 Å². The van der Waals surface area contributed by atoms with Gasteiger partial charge in [0.05, 0.1) is 12.0 Å². The minimum absolute atomic E-state index is 0.473. The first-order valence-electron chi connectivity index (χ1n) is 4.65. The van der Waals surface area contributed by atoms with Gasteiger partial charge in [0, 0.05) is 25.5 Å². The highest BCUT2D eigenvalue weighted by atomic mass is 16.5. The van der Waals surface area contributed by atoms with E-state index in [-0.39, 0.29) is 0 Å². The zero-order chi connectivity index (χ0) is 9.84. The zero-order valence-corrected chi connectivity index (χ0v) is 8.87. The summed E-state index contributed by atoms with van der Waals surface area (Å²) in [4.78, 5) is 4.27. The average Bonchev–Trinajstić information content (AvgIpc) is 2.44. The Morgan fingerprint density at radius 2 is 2.23 bits per heavy atom. The van der Waals surface area contributed by atoms with Gasteiger partial charge in [0.2, 0.25) is 0 Å². The lowest BCUT2D eigenvalue weighted by atomic mass is 10.2. The molecule has 0 spiro atoms. The van der Waals surface area contributed by atoms with Crippen molar-refractivity contribution in [3.63, 3.8) is 0 Å². The van der Waals surface area contributed by atoms with Crippen LogP contribution in [0.3, 0.4) is 0 Å². The molecule has 0 saturated carbocycles. The predicted molar refractivity (Wildman–Crippen MR) is 52.9 cm³/mol. The molecule has 1 aromatic rings. The van der Waals surface area contributed by atoms with Gasteiger partial charge in [-0.1, -0.05) is 0 Å². The van der Waals surface area contributed by atoms with Gasteiger partial charge in [-0.05, 0) is 27.2 Å². The number of methoxy groups -OCH3 is 1. The maximum atomic E-state index is 5.05. The number of rotatable bonds is 4. The Morgan fingerprint density at radius 3 is 2.69 bits per heavy atom. The fraction of sp³-hybridized carbons (Fsp3) is 0.700. The zero-order valence-electron chi connectivity index (χ0n) is 8.87. The molecule has 0 amide bonds. The van der Waals surface area contributed by atoms with E-state index < -0.39 is 0 Å². The van der Waals surface area contributed by atoms with E-state index in [1.54, 1.807) is 7.11 Å². The van der Waals surface area contributed by atoms with E-state index >= 15 is 0 Å². The molecule has 1 aromatic heterocycles. The van der Waals surface area contributed by atoms with E-state index in [9.17, 15) is 0 Å². The van der Waals surface area contributed by atoms with Crippen molar-refractivity contribution in [1.82, 2.24) is 9.55 Å². The smallest absolute Gasteiger partial charge is 0.0953 e. The summed E-state index contributed by atoms with van der Waals surface area (Å²) in [5.41, 5.74) is 2.37. The second kappa shape index (κ2) is 4.42. The van der Waals surface area contributed by atoms with Crippen molar-refractivity contribution in [2.45, 2.75) is 33.2 Å². The van der Waals surface area contributed by atoms with E-state index in [0.717, 1.165) is 18.7 Å². The van der Waals surface area contributed by atoms with Gasteiger partial charge in [-0.2, -0.15) is 0 Å². The predicted octanol–water partition coefficient (Wildman–Crippen LogP) is 2.10. The first-order chi connectivity index (χ1) is 6.16. The first-order valence-corrected chi connectivity index (χ1v) is 4.65. The molecule has 0 bridgehead atoms. The SMILES string of the molecule is COCCC(C)n1cnc(C)c1C. The molecule has 3 nitrogen and oxygen atoms in total. The molecular formula is C10H18N2O. The standard InChI is InChI=1S/C10H18N2O/c1-8(5-6-13-4)12-7-11-9(2)10(12)3/h7-8H,5-6H2,1-4H3. The molecule has 0 aromatic carbocycles. The Bertz CT molecular complexity index is 268. The van der Waals surface area contributed by atoms with Gasteiger partial charge in [0.25, 0.3) is 0 Å². The second-order valence-corrected chi connectivity index (χ2v) is 3.45. The Kier molecular flexibility index (Phi) is 3.48. The largest absolute Gasteiger partial charge is 0.385 e. The summed E-state index contributed by atoms with van der Waals surface area (Å²) in [6.45, 7) is 7.13. The third-order valence-corrected chi connectivity index (χ3v) is 2.50. The Balaban J connectivity index is 2.65. The van der Waals surface area contributed by atoms with Gasteiger partial charge in [-0.3, -0.25) is 0 Å². The highest BCUT2D eigenvalue weighted by molar-refractivity contribution is 5.09. The summed E-state index contributed by atoms with van der Waals surface area (Å²) in [6, 6.07) is 0.473. The molecule has 0 saturated heterocycles. The molecule has 3 heteroatoms. The van der Waals surface area contributed by atoms with Gasteiger partial charge >= 0.3 is 0 Å².